The van der Waals surface area contributed by atoms with Crippen molar-refractivity contribution in [3.05, 3.63) is 53.6 Å². The van der Waals surface area contributed by atoms with Gasteiger partial charge in [-0.2, -0.15) is 0 Å². The smallest absolute Gasteiger partial charge is 0.355 e. The van der Waals surface area contributed by atoms with E-state index in [2.05, 4.69) is 0 Å². The van der Waals surface area contributed by atoms with Crippen molar-refractivity contribution in [2.75, 3.05) is 7.11 Å². The predicted molar refractivity (Wildman–Crippen MR) is 67.5 cm³/mol. The highest BCUT2D eigenvalue weighted by Crippen LogP contribution is 2.20. The fourth-order valence-electron chi connectivity index (χ4n) is 1.75. The first-order valence-corrected chi connectivity index (χ1v) is 5.72. The van der Waals surface area contributed by atoms with E-state index in [0.717, 1.165) is 0 Å². The van der Waals surface area contributed by atoms with E-state index in [0.29, 0.717) is 17.0 Å². The second kappa shape index (κ2) is 5.56. The van der Waals surface area contributed by atoms with E-state index in [4.69, 9.17) is 9.47 Å². The number of aromatic nitrogens is 1. The summed E-state index contributed by atoms with van der Waals surface area (Å²) >= 11 is 0. The van der Waals surface area contributed by atoms with Crippen LogP contribution in [-0.2, 0) is 18.4 Å². The molecule has 0 aliphatic carbocycles. The first-order valence-electron chi connectivity index (χ1n) is 5.72. The maximum Gasteiger partial charge on any atom is 0.355 e. The first kappa shape index (κ1) is 13.1. The molecule has 1 heterocycles. The van der Waals surface area contributed by atoms with Crippen molar-refractivity contribution >= 4 is 5.97 Å². The number of halogens is 1. The van der Waals surface area contributed by atoms with E-state index in [1.807, 2.05) is 0 Å². The molecule has 0 spiro atoms. The van der Waals surface area contributed by atoms with Crippen LogP contribution in [0.1, 0.15) is 16.1 Å². The molecule has 2 aromatic rings. The number of carbonyl (C=O) groups is 1. The maximum atomic E-state index is 13.1. The highest BCUT2D eigenvalue weighted by molar-refractivity contribution is 5.87. The lowest BCUT2D eigenvalue weighted by molar-refractivity contribution is 0.0458. The summed E-state index contributed by atoms with van der Waals surface area (Å²) in [5, 5.41) is 0. The summed E-state index contributed by atoms with van der Waals surface area (Å²) < 4.78 is 25.0. The van der Waals surface area contributed by atoms with Crippen LogP contribution >= 0.6 is 0 Å². The average Bonchev–Trinajstić information content (AvgIpc) is 2.82. The molecule has 1 aromatic heterocycles. The Morgan fingerprint density at radius 3 is 2.79 bits per heavy atom. The highest BCUT2D eigenvalue weighted by Gasteiger charge is 2.12. The molecule has 5 heteroatoms. The van der Waals surface area contributed by atoms with Crippen LogP contribution in [0.3, 0.4) is 0 Å². The lowest BCUT2D eigenvalue weighted by Crippen LogP contribution is -2.10. The Bertz CT molecular complexity index is 592. The van der Waals surface area contributed by atoms with Crippen molar-refractivity contribution < 1.29 is 18.7 Å². The molecule has 0 fully saturated rings. The Kier molecular flexibility index (Phi) is 3.85. The summed E-state index contributed by atoms with van der Waals surface area (Å²) in [7, 11) is 3.23. The molecule has 0 amide bonds. The van der Waals surface area contributed by atoms with Crippen molar-refractivity contribution in [2.24, 2.45) is 7.05 Å². The van der Waals surface area contributed by atoms with Gasteiger partial charge in [0.2, 0.25) is 0 Å². The molecule has 100 valence electrons. The third kappa shape index (κ3) is 2.93. The van der Waals surface area contributed by atoms with Gasteiger partial charge in [0.1, 0.15) is 23.9 Å². The normalized spacial score (nSPS) is 10.3. The molecule has 0 saturated carbocycles. The van der Waals surface area contributed by atoms with Crippen molar-refractivity contribution in [3.8, 4) is 5.75 Å². The van der Waals surface area contributed by atoms with E-state index < -0.39 is 11.8 Å². The number of nitrogens with zero attached hydrogens (tertiary/aromatic N) is 1. The topological polar surface area (TPSA) is 40.5 Å². The Hall–Kier alpha value is -2.30. The molecule has 4 nitrogen and oxygen atoms in total. The van der Waals surface area contributed by atoms with Crippen LogP contribution in [0.5, 0.6) is 5.75 Å². The molecule has 0 aliphatic rings. The molecule has 0 aliphatic heterocycles. The average molecular weight is 263 g/mol. The maximum absolute atomic E-state index is 13.1. The van der Waals surface area contributed by atoms with E-state index in [1.165, 1.54) is 25.3 Å². The molecule has 2 rings (SSSR count). The Morgan fingerprint density at radius 2 is 2.16 bits per heavy atom. The van der Waals surface area contributed by atoms with Gasteiger partial charge in [0.15, 0.2) is 0 Å². The summed E-state index contributed by atoms with van der Waals surface area (Å²) in [6, 6.07) is 7.49. The number of benzene rings is 1. The zero-order chi connectivity index (χ0) is 13.8. The number of hydrogen-bond donors (Lipinski definition) is 0. The van der Waals surface area contributed by atoms with Gasteiger partial charge in [-0.25, -0.2) is 9.18 Å². The van der Waals surface area contributed by atoms with E-state index in [9.17, 15) is 9.18 Å². The second-order valence-corrected chi connectivity index (χ2v) is 4.04. The molecule has 0 radical (unpaired) electrons. The first-order chi connectivity index (χ1) is 9.11. The van der Waals surface area contributed by atoms with E-state index in [-0.39, 0.29) is 6.61 Å². The quantitative estimate of drug-likeness (QED) is 0.796. The van der Waals surface area contributed by atoms with Gasteiger partial charge >= 0.3 is 5.97 Å². The van der Waals surface area contributed by atoms with Crippen LogP contribution in [0.2, 0.25) is 0 Å². The van der Waals surface area contributed by atoms with Crippen LogP contribution in [0, 0.1) is 5.82 Å². The number of carbonyl (C=O) groups excluding carboxylic acids is 1. The van der Waals surface area contributed by atoms with Crippen molar-refractivity contribution in [1.82, 2.24) is 4.57 Å². The predicted octanol–water partition coefficient (Wildman–Crippen LogP) is 2.53. The molecule has 0 bridgehead atoms. The van der Waals surface area contributed by atoms with Crippen molar-refractivity contribution in [1.29, 1.82) is 0 Å². The third-order valence-electron chi connectivity index (χ3n) is 2.75. The molecule has 0 N–H and O–H groups in total. The minimum absolute atomic E-state index is 0.0368. The van der Waals surface area contributed by atoms with E-state index >= 15 is 0 Å². The summed E-state index contributed by atoms with van der Waals surface area (Å²) in [6.07, 6.45) is 1.75. The summed E-state index contributed by atoms with van der Waals surface area (Å²) in [5.74, 6) is -0.370. The third-order valence-corrected chi connectivity index (χ3v) is 2.75. The lowest BCUT2D eigenvalue weighted by Gasteiger charge is -2.09. The van der Waals surface area contributed by atoms with Crippen LogP contribution in [0.15, 0.2) is 36.5 Å². The number of ether oxygens (including phenoxy) is 2. The van der Waals surface area contributed by atoms with Gasteiger partial charge in [-0.3, -0.25) is 0 Å². The largest absolute Gasteiger partial charge is 0.496 e. The zero-order valence-electron chi connectivity index (χ0n) is 10.7. The molecule has 0 saturated heterocycles. The van der Waals surface area contributed by atoms with Crippen molar-refractivity contribution in [2.45, 2.75) is 6.61 Å². The summed E-state index contributed by atoms with van der Waals surface area (Å²) in [4.78, 5) is 11.8. The van der Waals surface area contributed by atoms with Gasteiger partial charge in [-0.05, 0) is 30.3 Å². The summed E-state index contributed by atoms with van der Waals surface area (Å²) in [6.45, 7) is -0.0368. The molecular weight excluding hydrogens is 249 g/mol. The standard InChI is InChI=1S/C14H14FNO3/c1-16-7-3-4-12(16)14(17)19-9-10-8-11(15)5-6-13(10)18-2/h3-8H,9H2,1-2H3. The minimum Gasteiger partial charge on any atom is -0.496 e. The SMILES string of the molecule is COc1ccc(F)cc1COC(=O)c1cccn1C. The molecular formula is C14H14FNO3. The van der Waals surface area contributed by atoms with Crippen molar-refractivity contribution in [3.63, 3.8) is 0 Å². The van der Waals surface area contributed by atoms with Crippen LogP contribution < -0.4 is 4.74 Å². The molecule has 0 unspecified atom stereocenters. The molecule has 19 heavy (non-hydrogen) atoms. The van der Waals surface area contributed by atoms with Gasteiger partial charge in [0.05, 0.1) is 7.11 Å². The number of esters is 1. The monoisotopic (exact) mass is 263 g/mol. The fraction of sp³-hybridized carbons (Fsp3) is 0.214. The molecule has 1 aromatic carbocycles. The van der Waals surface area contributed by atoms with Gasteiger partial charge in [0.25, 0.3) is 0 Å². The number of hydrogen-bond acceptors (Lipinski definition) is 3. The highest BCUT2D eigenvalue weighted by atomic mass is 19.1. The van der Waals surface area contributed by atoms with Gasteiger partial charge in [0, 0.05) is 18.8 Å². The zero-order valence-corrected chi connectivity index (χ0v) is 10.7. The molecule has 0 atom stereocenters. The van der Waals surface area contributed by atoms with Crippen LogP contribution in [0.4, 0.5) is 4.39 Å². The lowest BCUT2D eigenvalue weighted by atomic mass is 10.2. The number of aryl methyl sites for hydroxylation is 1. The second-order valence-electron chi connectivity index (χ2n) is 4.04. The minimum atomic E-state index is -0.459. The van der Waals surface area contributed by atoms with Gasteiger partial charge < -0.3 is 14.0 Å². The van der Waals surface area contributed by atoms with Crippen LogP contribution in [0.25, 0.3) is 0 Å². The Balaban J connectivity index is 2.09. The Labute approximate surface area is 110 Å². The number of methoxy groups -OCH3 is 1. The van der Waals surface area contributed by atoms with Crippen LogP contribution in [-0.4, -0.2) is 17.6 Å². The summed E-state index contributed by atoms with van der Waals surface area (Å²) in [5.41, 5.74) is 0.931. The Morgan fingerprint density at radius 1 is 1.37 bits per heavy atom. The fourth-order valence-corrected chi connectivity index (χ4v) is 1.75. The van der Waals surface area contributed by atoms with Gasteiger partial charge in [-0.15, -0.1) is 0 Å². The number of rotatable bonds is 4. The van der Waals surface area contributed by atoms with Gasteiger partial charge in [-0.1, -0.05) is 0 Å². The van der Waals surface area contributed by atoms with E-state index in [1.54, 1.807) is 29.9 Å².